The Labute approximate surface area is 137 Å². The van der Waals surface area contributed by atoms with Crippen LogP contribution in [-0.4, -0.2) is 41.4 Å². The number of methoxy groups -OCH3 is 1. The van der Waals surface area contributed by atoms with Crippen molar-refractivity contribution < 1.29 is 14.6 Å². The molecule has 4 nitrogen and oxygen atoms in total. The second kappa shape index (κ2) is 6.64. The van der Waals surface area contributed by atoms with E-state index in [-0.39, 0.29) is 30.2 Å². The number of carbonyl (C=O) groups is 1. The Morgan fingerprint density at radius 1 is 1.39 bits per heavy atom. The van der Waals surface area contributed by atoms with E-state index >= 15 is 0 Å². The summed E-state index contributed by atoms with van der Waals surface area (Å²) in [5, 5.41) is 10.3. The van der Waals surface area contributed by atoms with E-state index in [2.05, 4.69) is 11.8 Å². The third-order valence-electron chi connectivity index (χ3n) is 4.96. The number of nitrogens with zero attached hydrogens (tertiary/aromatic N) is 1. The minimum atomic E-state index is -0.341. The molecule has 1 saturated heterocycles. The maximum Gasteiger partial charge on any atom is 0.410 e. The molecule has 1 aliphatic carbocycles. The fourth-order valence-corrected chi connectivity index (χ4v) is 3.87. The normalized spacial score (nSPS) is 29.4. The van der Waals surface area contributed by atoms with Crippen LogP contribution in [0.4, 0.5) is 4.79 Å². The Hall–Kier alpha value is -1.99. The second-order valence-electron chi connectivity index (χ2n) is 6.50. The molecule has 1 saturated carbocycles. The Bertz CT molecular complexity index is 646. The summed E-state index contributed by atoms with van der Waals surface area (Å²) >= 11 is 0. The van der Waals surface area contributed by atoms with Gasteiger partial charge in [-0.05, 0) is 50.3 Å². The molecule has 1 amide bonds. The van der Waals surface area contributed by atoms with Crippen molar-refractivity contribution in [2.24, 2.45) is 5.92 Å². The van der Waals surface area contributed by atoms with Crippen molar-refractivity contribution >= 4 is 6.09 Å². The monoisotopic (exact) mass is 313 g/mol. The van der Waals surface area contributed by atoms with E-state index in [4.69, 9.17) is 4.74 Å². The van der Waals surface area contributed by atoms with Gasteiger partial charge in [0, 0.05) is 17.5 Å². The molecule has 4 atom stereocenters. The van der Waals surface area contributed by atoms with Crippen LogP contribution in [0.15, 0.2) is 24.3 Å². The molecule has 2 aliphatic rings. The number of likely N-dealkylation sites (tertiary alicyclic amines) is 1. The van der Waals surface area contributed by atoms with E-state index in [0.717, 1.165) is 36.8 Å². The van der Waals surface area contributed by atoms with E-state index in [1.165, 1.54) is 7.11 Å². The Balaban J connectivity index is 1.86. The molecule has 122 valence electrons. The van der Waals surface area contributed by atoms with Crippen LogP contribution in [0.25, 0.3) is 0 Å². The number of ether oxygens (including phenoxy) is 1. The Morgan fingerprint density at radius 2 is 2.22 bits per heavy atom. The molecule has 2 fully saturated rings. The van der Waals surface area contributed by atoms with Gasteiger partial charge in [0.15, 0.2) is 0 Å². The maximum atomic E-state index is 12.2. The fraction of sp³-hybridized carbons (Fsp3) is 0.526. The summed E-state index contributed by atoms with van der Waals surface area (Å²) in [4.78, 5) is 14.0. The molecule has 1 unspecified atom stereocenters. The third-order valence-corrected chi connectivity index (χ3v) is 4.96. The molecule has 0 bridgehead atoms. The van der Waals surface area contributed by atoms with Gasteiger partial charge in [0.05, 0.1) is 19.3 Å². The quantitative estimate of drug-likeness (QED) is 0.749. The molecular formula is C19H23NO3. The smallest absolute Gasteiger partial charge is 0.410 e. The van der Waals surface area contributed by atoms with Gasteiger partial charge < -0.3 is 9.84 Å². The summed E-state index contributed by atoms with van der Waals surface area (Å²) in [6, 6.07) is 7.88. The van der Waals surface area contributed by atoms with Gasteiger partial charge in [-0.25, -0.2) is 4.79 Å². The van der Waals surface area contributed by atoms with Gasteiger partial charge in [-0.15, -0.1) is 0 Å². The SMILES string of the molecule is COC(=O)N1C(C#Cc2cccc(C)c2)C[C@@H]2[C@H](O)CCC[C@@H]21. The zero-order valence-electron chi connectivity index (χ0n) is 13.7. The molecule has 1 aliphatic heterocycles. The maximum absolute atomic E-state index is 12.2. The molecule has 4 heteroatoms. The highest BCUT2D eigenvalue weighted by Gasteiger charge is 2.48. The topological polar surface area (TPSA) is 49.8 Å². The molecule has 1 aromatic carbocycles. The van der Waals surface area contributed by atoms with Gasteiger partial charge >= 0.3 is 6.09 Å². The molecule has 1 aromatic rings. The third kappa shape index (κ3) is 3.20. The predicted molar refractivity (Wildman–Crippen MR) is 87.8 cm³/mol. The fourth-order valence-electron chi connectivity index (χ4n) is 3.87. The van der Waals surface area contributed by atoms with Crippen molar-refractivity contribution in [1.82, 2.24) is 4.90 Å². The number of fused-ring (bicyclic) bond motifs is 1. The molecule has 0 spiro atoms. The molecule has 0 aromatic heterocycles. The van der Waals surface area contributed by atoms with Gasteiger partial charge in [0.25, 0.3) is 0 Å². The van der Waals surface area contributed by atoms with E-state index in [0.29, 0.717) is 0 Å². The van der Waals surface area contributed by atoms with E-state index in [1.54, 1.807) is 4.90 Å². The molecule has 0 radical (unpaired) electrons. The zero-order valence-corrected chi connectivity index (χ0v) is 13.7. The highest BCUT2D eigenvalue weighted by molar-refractivity contribution is 5.69. The van der Waals surface area contributed by atoms with Gasteiger partial charge in [-0.3, -0.25) is 4.90 Å². The van der Waals surface area contributed by atoms with Crippen molar-refractivity contribution in [2.45, 2.75) is 50.8 Å². The van der Waals surface area contributed by atoms with Crippen LogP contribution in [0.2, 0.25) is 0 Å². The Morgan fingerprint density at radius 3 is 2.96 bits per heavy atom. The van der Waals surface area contributed by atoms with E-state index in [9.17, 15) is 9.90 Å². The molecule has 3 rings (SSSR count). The van der Waals surface area contributed by atoms with Crippen LogP contribution >= 0.6 is 0 Å². The summed E-state index contributed by atoms with van der Waals surface area (Å²) in [6.45, 7) is 2.03. The van der Waals surface area contributed by atoms with Crippen molar-refractivity contribution in [3.05, 3.63) is 35.4 Å². The molecule has 1 heterocycles. The number of hydrogen-bond donors (Lipinski definition) is 1. The van der Waals surface area contributed by atoms with Crippen molar-refractivity contribution in [1.29, 1.82) is 0 Å². The van der Waals surface area contributed by atoms with Gasteiger partial charge in [0.1, 0.15) is 0 Å². The highest BCUT2D eigenvalue weighted by Crippen LogP contribution is 2.40. The molecule has 1 N–H and O–H groups in total. The first-order valence-electron chi connectivity index (χ1n) is 8.22. The van der Waals surface area contributed by atoms with Crippen molar-refractivity contribution in [3.8, 4) is 11.8 Å². The lowest BCUT2D eigenvalue weighted by Crippen LogP contribution is -2.45. The summed E-state index contributed by atoms with van der Waals surface area (Å²) in [5.41, 5.74) is 2.11. The Kier molecular flexibility index (Phi) is 4.58. The second-order valence-corrected chi connectivity index (χ2v) is 6.50. The minimum Gasteiger partial charge on any atom is -0.453 e. The first-order valence-corrected chi connectivity index (χ1v) is 8.22. The number of carbonyl (C=O) groups excluding carboxylic acids is 1. The number of hydrogen-bond acceptors (Lipinski definition) is 3. The lowest BCUT2D eigenvalue weighted by molar-refractivity contribution is 0.0382. The van der Waals surface area contributed by atoms with E-state index < -0.39 is 0 Å². The number of aliphatic hydroxyl groups excluding tert-OH is 1. The van der Waals surface area contributed by atoms with Crippen LogP contribution in [0.1, 0.15) is 36.8 Å². The van der Waals surface area contributed by atoms with E-state index in [1.807, 2.05) is 31.2 Å². The number of aliphatic hydroxyl groups is 1. The summed E-state index contributed by atoms with van der Waals surface area (Å²) in [7, 11) is 1.40. The summed E-state index contributed by atoms with van der Waals surface area (Å²) in [5.74, 6) is 6.52. The number of amides is 1. The van der Waals surface area contributed by atoms with Crippen LogP contribution in [0.3, 0.4) is 0 Å². The first-order chi connectivity index (χ1) is 11.1. The van der Waals surface area contributed by atoms with Crippen LogP contribution < -0.4 is 0 Å². The number of rotatable bonds is 0. The predicted octanol–water partition coefficient (Wildman–Crippen LogP) is 2.72. The zero-order chi connectivity index (χ0) is 16.4. The van der Waals surface area contributed by atoms with Crippen LogP contribution in [-0.2, 0) is 4.74 Å². The van der Waals surface area contributed by atoms with Gasteiger partial charge in [-0.1, -0.05) is 24.0 Å². The van der Waals surface area contributed by atoms with Crippen molar-refractivity contribution in [2.75, 3.05) is 7.11 Å². The standard InChI is InChI=1S/C19H23NO3/c1-13-5-3-6-14(11-13)9-10-15-12-16-17(7-4-8-18(16)21)20(15)19(22)23-2/h3,5-6,11,15-18,21H,4,7-8,12H2,1-2H3/t15?,16-,17-,18+/m0/s1. The molecular weight excluding hydrogens is 290 g/mol. The van der Waals surface area contributed by atoms with Crippen LogP contribution in [0.5, 0.6) is 0 Å². The van der Waals surface area contributed by atoms with Crippen molar-refractivity contribution in [3.63, 3.8) is 0 Å². The lowest BCUT2D eigenvalue weighted by atomic mass is 9.82. The average molecular weight is 313 g/mol. The molecule has 23 heavy (non-hydrogen) atoms. The number of aryl methyl sites for hydroxylation is 1. The van der Waals surface area contributed by atoms with Crippen LogP contribution in [0, 0.1) is 24.7 Å². The lowest BCUT2D eigenvalue weighted by Gasteiger charge is -2.34. The summed E-state index contributed by atoms with van der Waals surface area (Å²) < 4.78 is 4.96. The first kappa shape index (κ1) is 15.9. The highest BCUT2D eigenvalue weighted by atomic mass is 16.5. The number of benzene rings is 1. The average Bonchev–Trinajstić information content (AvgIpc) is 2.92. The minimum absolute atomic E-state index is 0.0445. The summed E-state index contributed by atoms with van der Waals surface area (Å²) in [6.07, 6.45) is 2.71. The largest absolute Gasteiger partial charge is 0.453 e. The van der Waals surface area contributed by atoms with Gasteiger partial charge in [0.2, 0.25) is 0 Å². The van der Waals surface area contributed by atoms with Gasteiger partial charge in [-0.2, -0.15) is 0 Å².